The number of aryl methyl sites for hydroxylation is 1. The van der Waals surface area contributed by atoms with E-state index in [-0.39, 0.29) is 16.9 Å². The fraction of sp³-hybridized carbons (Fsp3) is 0.238. The molecule has 0 bridgehead atoms. The Morgan fingerprint density at radius 1 is 1.00 bits per heavy atom. The molecule has 162 valence electrons. The van der Waals surface area contributed by atoms with Gasteiger partial charge in [-0.2, -0.15) is 0 Å². The zero-order chi connectivity index (χ0) is 22.3. The quantitative estimate of drug-likeness (QED) is 0.556. The lowest BCUT2D eigenvalue weighted by molar-refractivity contribution is 0.247. The molecule has 0 unspecified atom stereocenters. The number of nitrogens with zero attached hydrogens (tertiary/aromatic N) is 4. The lowest BCUT2D eigenvalue weighted by Gasteiger charge is -2.16. The van der Waals surface area contributed by atoms with Crippen molar-refractivity contribution in [1.82, 2.24) is 20.3 Å². The van der Waals surface area contributed by atoms with Gasteiger partial charge < -0.3 is 5.32 Å². The van der Waals surface area contributed by atoms with Gasteiger partial charge in [0.05, 0.1) is 4.90 Å². The Hall–Kier alpha value is -3.53. The molecule has 10 heteroatoms. The lowest BCUT2D eigenvalue weighted by Crippen LogP contribution is -2.38. The van der Waals surface area contributed by atoms with Crippen molar-refractivity contribution >= 4 is 27.8 Å². The van der Waals surface area contributed by atoms with E-state index in [1.54, 1.807) is 49.9 Å². The number of carbonyl (C=O) groups excluding carboxylic acids is 1. The Bertz CT molecular complexity index is 1100. The molecule has 0 aliphatic heterocycles. The van der Waals surface area contributed by atoms with Crippen LogP contribution in [-0.4, -0.2) is 43.0 Å². The second-order valence-corrected chi connectivity index (χ2v) is 8.43. The molecule has 1 aromatic carbocycles. The molecule has 2 aromatic heterocycles. The summed E-state index contributed by atoms with van der Waals surface area (Å²) in [6, 6.07) is 11.5. The van der Waals surface area contributed by atoms with Crippen LogP contribution in [0.4, 0.5) is 16.6 Å². The number of anilines is 2. The third kappa shape index (κ3) is 5.98. The van der Waals surface area contributed by atoms with Crippen LogP contribution < -0.4 is 14.9 Å². The number of nitrogens with one attached hydrogen (secondary N) is 2. The molecule has 2 amide bonds. The van der Waals surface area contributed by atoms with Gasteiger partial charge in [-0.25, -0.2) is 32.9 Å². The zero-order valence-electron chi connectivity index (χ0n) is 17.3. The highest BCUT2D eigenvalue weighted by Gasteiger charge is 2.16. The standard InChI is InChI=1S/C21H24N6O3S/c1-3-16-14-24-20(25-15-16)26-31(29,30)18-9-7-17(8-10-18)11-13-23-21(28)27(2)19-6-4-5-12-22-19/h4-10,12,14-15H,3,11,13H2,1-2H3,(H,23,28)(H,24,25,26). The van der Waals surface area contributed by atoms with Gasteiger partial charge >= 0.3 is 6.03 Å². The highest BCUT2D eigenvalue weighted by Crippen LogP contribution is 2.14. The van der Waals surface area contributed by atoms with E-state index in [1.807, 2.05) is 13.0 Å². The maximum Gasteiger partial charge on any atom is 0.322 e. The van der Waals surface area contributed by atoms with Crippen LogP contribution in [0.2, 0.25) is 0 Å². The fourth-order valence-corrected chi connectivity index (χ4v) is 3.65. The molecule has 0 spiro atoms. The molecular weight excluding hydrogens is 416 g/mol. The van der Waals surface area contributed by atoms with E-state index in [2.05, 4.69) is 25.0 Å². The molecule has 3 rings (SSSR count). The zero-order valence-corrected chi connectivity index (χ0v) is 18.1. The maximum atomic E-state index is 12.5. The van der Waals surface area contributed by atoms with Crippen molar-refractivity contribution in [3.8, 4) is 0 Å². The molecule has 0 saturated carbocycles. The molecule has 0 saturated heterocycles. The number of carbonyl (C=O) groups is 1. The van der Waals surface area contributed by atoms with Gasteiger partial charge in [-0.05, 0) is 48.2 Å². The number of pyridine rings is 1. The highest BCUT2D eigenvalue weighted by molar-refractivity contribution is 7.92. The van der Waals surface area contributed by atoms with Gasteiger partial charge in [0.1, 0.15) is 5.82 Å². The van der Waals surface area contributed by atoms with Crippen LogP contribution in [-0.2, 0) is 22.9 Å². The molecule has 0 atom stereocenters. The van der Waals surface area contributed by atoms with Crippen LogP contribution in [0.5, 0.6) is 0 Å². The number of sulfonamides is 1. The van der Waals surface area contributed by atoms with Gasteiger partial charge in [-0.3, -0.25) is 4.90 Å². The van der Waals surface area contributed by atoms with Crippen LogP contribution in [0.3, 0.4) is 0 Å². The summed E-state index contributed by atoms with van der Waals surface area (Å²) >= 11 is 0. The van der Waals surface area contributed by atoms with Gasteiger partial charge in [0.2, 0.25) is 5.95 Å². The molecule has 0 fully saturated rings. The van der Waals surface area contributed by atoms with Crippen molar-refractivity contribution in [3.05, 3.63) is 72.2 Å². The summed E-state index contributed by atoms with van der Waals surface area (Å²) in [5, 5.41) is 2.82. The smallest absolute Gasteiger partial charge is 0.322 e. The molecular formula is C21H24N6O3S. The van der Waals surface area contributed by atoms with Gasteiger partial charge in [0, 0.05) is 32.2 Å². The fourth-order valence-electron chi connectivity index (χ4n) is 2.69. The number of hydrogen-bond donors (Lipinski definition) is 2. The molecule has 0 aliphatic rings. The third-order valence-corrected chi connectivity index (χ3v) is 5.90. The predicted molar refractivity (Wildman–Crippen MR) is 118 cm³/mol. The number of urea groups is 1. The Balaban J connectivity index is 1.54. The van der Waals surface area contributed by atoms with Crippen molar-refractivity contribution in [2.45, 2.75) is 24.7 Å². The molecule has 9 nitrogen and oxygen atoms in total. The largest absolute Gasteiger partial charge is 0.337 e. The molecule has 31 heavy (non-hydrogen) atoms. The first-order valence-corrected chi connectivity index (χ1v) is 11.2. The average Bonchev–Trinajstić information content (AvgIpc) is 2.79. The van der Waals surface area contributed by atoms with E-state index < -0.39 is 10.0 Å². The Labute approximate surface area is 181 Å². The maximum absolute atomic E-state index is 12.5. The average molecular weight is 441 g/mol. The van der Waals surface area contributed by atoms with Crippen LogP contribution in [0.15, 0.2) is 66.0 Å². The molecule has 3 aromatic rings. The van der Waals surface area contributed by atoms with Crippen molar-refractivity contribution in [2.75, 3.05) is 23.2 Å². The Morgan fingerprint density at radius 2 is 1.71 bits per heavy atom. The van der Waals surface area contributed by atoms with E-state index in [9.17, 15) is 13.2 Å². The SMILES string of the molecule is CCc1cnc(NS(=O)(=O)c2ccc(CCNC(=O)N(C)c3ccccn3)cc2)nc1. The van der Waals surface area contributed by atoms with E-state index >= 15 is 0 Å². The van der Waals surface area contributed by atoms with Crippen LogP contribution >= 0.6 is 0 Å². The molecule has 2 heterocycles. The van der Waals surface area contributed by atoms with E-state index in [4.69, 9.17) is 0 Å². The first-order chi connectivity index (χ1) is 14.9. The third-order valence-electron chi connectivity index (χ3n) is 4.56. The second kappa shape index (κ2) is 9.98. The van der Waals surface area contributed by atoms with Crippen molar-refractivity contribution in [1.29, 1.82) is 0 Å². The summed E-state index contributed by atoms with van der Waals surface area (Å²) in [7, 11) is -2.14. The Kier molecular flexibility index (Phi) is 7.14. The van der Waals surface area contributed by atoms with Gasteiger partial charge in [-0.1, -0.05) is 25.1 Å². The minimum absolute atomic E-state index is 0.0287. The summed E-state index contributed by atoms with van der Waals surface area (Å²) in [6.07, 6.45) is 6.13. The summed E-state index contributed by atoms with van der Waals surface area (Å²) in [6.45, 7) is 2.37. The van der Waals surface area contributed by atoms with Gasteiger partial charge in [0.25, 0.3) is 10.0 Å². The van der Waals surface area contributed by atoms with Crippen LogP contribution in [0, 0.1) is 0 Å². The summed E-state index contributed by atoms with van der Waals surface area (Å²) < 4.78 is 27.4. The number of amides is 2. The Morgan fingerprint density at radius 3 is 2.32 bits per heavy atom. The topological polar surface area (TPSA) is 117 Å². The van der Waals surface area contributed by atoms with E-state index in [1.165, 1.54) is 17.0 Å². The number of rotatable bonds is 8. The highest BCUT2D eigenvalue weighted by atomic mass is 32.2. The minimum Gasteiger partial charge on any atom is -0.337 e. The molecule has 0 aliphatic carbocycles. The molecule has 2 N–H and O–H groups in total. The summed E-state index contributed by atoms with van der Waals surface area (Å²) in [5.41, 5.74) is 1.81. The normalized spacial score (nSPS) is 11.0. The van der Waals surface area contributed by atoms with Gasteiger partial charge in [-0.15, -0.1) is 0 Å². The first kappa shape index (κ1) is 22.2. The van der Waals surface area contributed by atoms with Crippen LogP contribution in [0.25, 0.3) is 0 Å². The van der Waals surface area contributed by atoms with E-state index in [0.29, 0.717) is 18.8 Å². The number of hydrogen-bond acceptors (Lipinski definition) is 6. The number of benzene rings is 1. The minimum atomic E-state index is -3.78. The van der Waals surface area contributed by atoms with Crippen LogP contribution in [0.1, 0.15) is 18.1 Å². The predicted octanol–water partition coefficient (Wildman–Crippen LogP) is 2.62. The number of aromatic nitrogens is 3. The van der Waals surface area contributed by atoms with Crippen molar-refractivity contribution in [3.63, 3.8) is 0 Å². The van der Waals surface area contributed by atoms with Gasteiger partial charge in [0.15, 0.2) is 0 Å². The van der Waals surface area contributed by atoms with Crippen molar-refractivity contribution < 1.29 is 13.2 Å². The first-order valence-electron chi connectivity index (χ1n) is 9.74. The summed E-state index contributed by atoms with van der Waals surface area (Å²) in [5.74, 6) is 0.580. The monoisotopic (exact) mass is 440 g/mol. The second-order valence-electron chi connectivity index (χ2n) is 6.75. The van der Waals surface area contributed by atoms with E-state index in [0.717, 1.165) is 17.5 Å². The van der Waals surface area contributed by atoms with Crippen molar-refractivity contribution in [2.24, 2.45) is 0 Å². The molecule has 0 radical (unpaired) electrons. The lowest BCUT2D eigenvalue weighted by atomic mass is 10.1. The summed E-state index contributed by atoms with van der Waals surface area (Å²) in [4.78, 5) is 25.9.